The van der Waals surface area contributed by atoms with Gasteiger partial charge in [-0.1, -0.05) is 0 Å². The molecule has 25 heavy (non-hydrogen) atoms. The largest absolute Gasteiger partial charge is 1.00 e. The van der Waals surface area contributed by atoms with E-state index < -0.39 is 17.7 Å². The molecule has 1 aliphatic heterocycles. The minimum Gasteiger partial charge on any atom is -0.545 e. The number of aromatic carboxylic acids is 1. The molecule has 0 bridgehead atoms. The number of nitrogens with one attached hydrogen (secondary N) is 1. The molecule has 1 aromatic heterocycles. The first kappa shape index (κ1) is 21.5. The summed E-state index contributed by atoms with van der Waals surface area (Å²) in [5, 5.41) is 13.8. The van der Waals surface area contributed by atoms with Gasteiger partial charge < -0.3 is 20.0 Å². The van der Waals surface area contributed by atoms with E-state index in [9.17, 15) is 14.7 Å². The van der Waals surface area contributed by atoms with Gasteiger partial charge in [-0.25, -0.2) is 4.79 Å². The second-order valence-corrected chi connectivity index (χ2v) is 7.09. The molecule has 132 valence electrons. The third-order valence-electron chi connectivity index (χ3n) is 3.66. The summed E-state index contributed by atoms with van der Waals surface area (Å²) in [4.78, 5) is 28.9. The van der Waals surface area contributed by atoms with Gasteiger partial charge in [-0.15, -0.1) is 0 Å². The number of amides is 1. The molecule has 1 aliphatic rings. The van der Waals surface area contributed by atoms with Crippen LogP contribution in [-0.2, 0) is 11.3 Å². The van der Waals surface area contributed by atoms with Crippen LogP contribution in [0.1, 0.15) is 49.5 Å². The van der Waals surface area contributed by atoms with Crippen LogP contribution in [0.3, 0.4) is 0 Å². The number of carbonyl (C=O) groups is 2. The van der Waals surface area contributed by atoms with E-state index in [0.29, 0.717) is 13.1 Å². The maximum absolute atomic E-state index is 11.9. The van der Waals surface area contributed by atoms with Crippen LogP contribution in [0.4, 0.5) is 4.79 Å². The SMILES string of the molecule is CC(C)(C)OC(=O)N[C@@H]1CCCN(Cc2cncc(C(=O)[O-])c2)C1.[Li+]. The maximum atomic E-state index is 11.9. The minimum absolute atomic E-state index is 0. The van der Waals surface area contributed by atoms with Crippen LogP contribution in [0.15, 0.2) is 18.5 Å². The van der Waals surface area contributed by atoms with E-state index >= 15 is 0 Å². The molecule has 0 aliphatic carbocycles. The summed E-state index contributed by atoms with van der Waals surface area (Å²) < 4.78 is 5.29. The number of rotatable bonds is 4. The Morgan fingerprint density at radius 3 is 2.76 bits per heavy atom. The number of ether oxygens (including phenoxy) is 1. The van der Waals surface area contributed by atoms with Gasteiger partial charge in [-0.2, -0.15) is 0 Å². The maximum Gasteiger partial charge on any atom is 1.00 e. The Kier molecular flexibility index (Phi) is 7.93. The topological polar surface area (TPSA) is 94.6 Å². The predicted molar refractivity (Wildman–Crippen MR) is 86.2 cm³/mol. The minimum atomic E-state index is -1.23. The average molecular weight is 341 g/mol. The van der Waals surface area contributed by atoms with Crippen molar-refractivity contribution in [1.82, 2.24) is 15.2 Å². The van der Waals surface area contributed by atoms with Gasteiger partial charge in [0.25, 0.3) is 0 Å². The van der Waals surface area contributed by atoms with Crippen molar-refractivity contribution in [2.75, 3.05) is 13.1 Å². The third-order valence-corrected chi connectivity index (χ3v) is 3.66. The van der Waals surface area contributed by atoms with Gasteiger partial charge in [0.1, 0.15) is 5.60 Å². The van der Waals surface area contributed by atoms with Gasteiger partial charge in [0.15, 0.2) is 0 Å². The van der Waals surface area contributed by atoms with Crippen LogP contribution in [0, 0.1) is 0 Å². The molecule has 2 rings (SSSR count). The number of nitrogens with zero attached hydrogens (tertiary/aromatic N) is 2. The zero-order valence-corrected chi connectivity index (χ0v) is 15.4. The zero-order valence-electron chi connectivity index (χ0n) is 15.4. The molecule has 0 saturated carbocycles. The molecule has 1 saturated heterocycles. The first-order valence-corrected chi connectivity index (χ1v) is 8.10. The number of piperidine rings is 1. The number of hydrogen-bond acceptors (Lipinski definition) is 6. The Hall–Kier alpha value is -1.55. The Morgan fingerprint density at radius 1 is 1.40 bits per heavy atom. The molecule has 0 spiro atoms. The van der Waals surface area contributed by atoms with Crippen LogP contribution in [-0.4, -0.2) is 46.7 Å². The second kappa shape index (κ2) is 9.23. The summed E-state index contributed by atoms with van der Waals surface area (Å²) >= 11 is 0. The van der Waals surface area contributed by atoms with Crippen LogP contribution in [0.5, 0.6) is 0 Å². The molecule has 0 unspecified atom stereocenters. The summed E-state index contributed by atoms with van der Waals surface area (Å²) in [6, 6.07) is 1.60. The van der Waals surface area contributed by atoms with Gasteiger partial charge >= 0.3 is 25.0 Å². The molecule has 0 aromatic carbocycles. The molecule has 1 amide bonds. The van der Waals surface area contributed by atoms with Crippen LogP contribution < -0.4 is 29.3 Å². The predicted octanol–water partition coefficient (Wildman–Crippen LogP) is -2.06. The van der Waals surface area contributed by atoms with Crippen molar-refractivity contribution in [2.45, 2.75) is 51.8 Å². The van der Waals surface area contributed by atoms with E-state index in [2.05, 4.69) is 15.2 Å². The molecule has 0 radical (unpaired) electrons. The Balaban J connectivity index is 0.00000312. The van der Waals surface area contributed by atoms with Crippen LogP contribution >= 0.6 is 0 Å². The van der Waals surface area contributed by atoms with Gasteiger partial charge in [0.2, 0.25) is 0 Å². The van der Waals surface area contributed by atoms with E-state index in [1.807, 2.05) is 20.8 Å². The molecule has 8 heteroatoms. The van der Waals surface area contributed by atoms with Crippen molar-refractivity contribution in [1.29, 1.82) is 0 Å². The molecule has 2 heterocycles. The van der Waals surface area contributed by atoms with Crippen molar-refractivity contribution in [2.24, 2.45) is 0 Å². The molecular weight excluding hydrogens is 317 g/mol. The number of aromatic nitrogens is 1. The van der Waals surface area contributed by atoms with E-state index in [1.54, 1.807) is 12.3 Å². The number of pyridine rings is 1. The molecule has 7 nitrogen and oxygen atoms in total. The second-order valence-electron chi connectivity index (χ2n) is 7.09. The fourth-order valence-corrected chi connectivity index (χ4v) is 2.74. The van der Waals surface area contributed by atoms with Crippen molar-refractivity contribution < 1.29 is 38.3 Å². The average Bonchev–Trinajstić information content (AvgIpc) is 2.45. The van der Waals surface area contributed by atoms with Crippen molar-refractivity contribution in [3.05, 3.63) is 29.6 Å². The van der Waals surface area contributed by atoms with Gasteiger partial charge in [0.05, 0.1) is 5.97 Å². The first-order valence-electron chi connectivity index (χ1n) is 8.10. The smallest absolute Gasteiger partial charge is 0.545 e. The fourth-order valence-electron chi connectivity index (χ4n) is 2.74. The summed E-state index contributed by atoms with van der Waals surface area (Å²) in [6.45, 7) is 7.66. The summed E-state index contributed by atoms with van der Waals surface area (Å²) in [5.41, 5.74) is 0.373. The Morgan fingerprint density at radius 2 is 2.12 bits per heavy atom. The standard InChI is InChI=1S/C17H25N3O4.Li/c1-17(2,3)24-16(23)19-14-5-4-6-20(11-14)10-12-7-13(15(21)22)9-18-8-12;/h7-9,14H,4-6,10-11H2,1-3H3,(H,19,23)(H,21,22);/q;+1/p-1/t14-;/m1./s1. The number of carboxylic acid groups (broad SMARTS) is 1. The zero-order chi connectivity index (χ0) is 17.7. The van der Waals surface area contributed by atoms with Gasteiger partial charge in [0, 0.05) is 37.1 Å². The molecule has 1 fully saturated rings. The molecule has 1 N–H and O–H groups in total. The normalized spacial score (nSPS) is 18.1. The molecular formula is C17H24LiN3O4. The quantitative estimate of drug-likeness (QED) is 0.633. The number of hydrogen-bond donors (Lipinski definition) is 1. The van der Waals surface area contributed by atoms with E-state index in [1.165, 1.54) is 6.20 Å². The van der Waals surface area contributed by atoms with Gasteiger partial charge in [-0.3, -0.25) is 9.88 Å². The van der Waals surface area contributed by atoms with E-state index in [0.717, 1.165) is 24.9 Å². The third kappa shape index (κ3) is 7.47. The Labute approximate surface area is 160 Å². The van der Waals surface area contributed by atoms with Crippen molar-refractivity contribution in [3.8, 4) is 0 Å². The Bertz CT molecular complexity index is 604. The summed E-state index contributed by atoms with van der Waals surface area (Å²) in [5.74, 6) is -1.23. The first-order chi connectivity index (χ1) is 11.2. The number of alkyl carbamates (subject to hydrolysis) is 1. The van der Waals surface area contributed by atoms with E-state index in [-0.39, 0.29) is 30.5 Å². The number of carbonyl (C=O) groups excluding carboxylic acids is 2. The summed E-state index contributed by atoms with van der Waals surface area (Å²) in [7, 11) is 0. The van der Waals surface area contributed by atoms with Crippen molar-refractivity contribution >= 4 is 12.1 Å². The molecule has 1 atom stereocenters. The number of carboxylic acids is 1. The van der Waals surface area contributed by atoms with Gasteiger partial charge in [-0.05, 0) is 51.8 Å². The van der Waals surface area contributed by atoms with E-state index in [4.69, 9.17) is 4.74 Å². The van der Waals surface area contributed by atoms with Crippen molar-refractivity contribution in [3.63, 3.8) is 0 Å². The van der Waals surface area contributed by atoms with Crippen LogP contribution in [0.25, 0.3) is 0 Å². The summed E-state index contributed by atoms with van der Waals surface area (Å²) in [6.07, 6.45) is 4.37. The number of likely N-dealkylation sites (tertiary alicyclic amines) is 1. The molecule has 1 aromatic rings. The van der Waals surface area contributed by atoms with Crippen LogP contribution in [0.2, 0.25) is 0 Å². The fraction of sp³-hybridized carbons (Fsp3) is 0.588. The monoisotopic (exact) mass is 341 g/mol.